The van der Waals surface area contributed by atoms with Crippen LogP contribution in [0, 0.1) is 0 Å². The van der Waals surface area contributed by atoms with Gasteiger partial charge in [0.25, 0.3) is 0 Å². The summed E-state index contributed by atoms with van der Waals surface area (Å²) >= 11 is 1.72. The Kier molecular flexibility index (Phi) is 5.01. The predicted octanol–water partition coefficient (Wildman–Crippen LogP) is 3.88. The van der Waals surface area contributed by atoms with E-state index in [0.717, 1.165) is 6.42 Å². The third-order valence-corrected chi connectivity index (χ3v) is 4.32. The zero-order valence-corrected chi connectivity index (χ0v) is 11.4. The van der Waals surface area contributed by atoms with Gasteiger partial charge in [-0.3, -0.25) is 0 Å². The molecule has 0 radical (unpaired) electrons. The van der Waals surface area contributed by atoms with Crippen molar-refractivity contribution in [2.75, 3.05) is 0 Å². The van der Waals surface area contributed by atoms with Crippen molar-refractivity contribution in [3.05, 3.63) is 22.4 Å². The van der Waals surface area contributed by atoms with Crippen LogP contribution in [0.25, 0.3) is 0 Å². The van der Waals surface area contributed by atoms with Gasteiger partial charge in [0.1, 0.15) is 0 Å². The van der Waals surface area contributed by atoms with Gasteiger partial charge in [0, 0.05) is 6.04 Å². The van der Waals surface area contributed by atoms with Crippen molar-refractivity contribution in [3.63, 3.8) is 0 Å². The molecule has 1 aliphatic carbocycles. The molecule has 2 rings (SSSR count). The first-order chi connectivity index (χ1) is 8.31. The molecule has 1 aliphatic rings. The van der Waals surface area contributed by atoms with E-state index >= 15 is 0 Å². The second-order valence-electron chi connectivity index (χ2n) is 4.95. The van der Waals surface area contributed by atoms with Crippen LogP contribution in [0.4, 0.5) is 0 Å². The summed E-state index contributed by atoms with van der Waals surface area (Å²) in [5.74, 6) is 0. The minimum Gasteiger partial charge on any atom is -0.369 e. The first kappa shape index (κ1) is 13.1. The van der Waals surface area contributed by atoms with Gasteiger partial charge in [-0.1, -0.05) is 26.2 Å². The molecule has 2 atom stereocenters. The maximum atomic E-state index is 6.27. The number of nitrogens with two attached hydrogens (primary N) is 1. The van der Waals surface area contributed by atoms with E-state index in [1.807, 2.05) is 0 Å². The van der Waals surface area contributed by atoms with Crippen molar-refractivity contribution in [1.29, 1.82) is 0 Å². The highest BCUT2D eigenvalue weighted by Crippen LogP contribution is 2.30. The standard InChI is InChI=1S/C14H23NOS/c1-2-13(15)14(11-8-9-17-10-11)16-12-6-4-3-5-7-12/h8-10,12-14H,2-7,15H2,1H3. The lowest BCUT2D eigenvalue weighted by atomic mass is 9.96. The number of hydrogen-bond donors (Lipinski definition) is 1. The Balaban J connectivity index is 2.00. The van der Waals surface area contributed by atoms with E-state index in [-0.39, 0.29) is 12.1 Å². The van der Waals surface area contributed by atoms with Gasteiger partial charge in [-0.05, 0) is 41.7 Å². The van der Waals surface area contributed by atoms with Crippen LogP contribution in [0.15, 0.2) is 16.8 Å². The van der Waals surface area contributed by atoms with E-state index in [4.69, 9.17) is 10.5 Å². The summed E-state index contributed by atoms with van der Waals surface area (Å²) in [6.45, 7) is 2.13. The summed E-state index contributed by atoms with van der Waals surface area (Å²) < 4.78 is 6.27. The zero-order valence-electron chi connectivity index (χ0n) is 10.6. The molecule has 0 aliphatic heterocycles. The molecule has 0 bridgehead atoms. The SMILES string of the molecule is CCC(N)C(OC1CCCCC1)c1ccsc1. The van der Waals surface area contributed by atoms with Crippen molar-refractivity contribution in [2.45, 2.75) is 63.7 Å². The summed E-state index contributed by atoms with van der Waals surface area (Å²) in [6, 6.07) is 2.26. The number of hydrogen-bond acceptors (Lipinski definition) is 3. The second-order valence-corrected chi connectivity index (χ2v) is 5.73. The van der Waals surface area contributed by atoms with Crippen molar-refractivity contribution in [1.82, 2.24) is 0 Å². The Hall–Kier alpha value is -0.380. The molecule has 3 heteroatoms. The van der Waals surface area contributed by atoms with Gasteiger partial charge in [0.2, 0.25) is 0 Å². The molecule has 1 aromatic heterocycles. The maximum Gasteiger partial charge on any atom is 0.0987 e. The monoisotopic (exact) mass is 253 g/mol. The molecule has 17 heavy (non-hydrogen) atoms. The summed E-state index contributed by atoms with van der Waals surface area (Å²) in [5.41, 5.74) is 7.46. The lowest BCUT2D eigenvalue weighted by Crippen LogP contribution is -2.32. The Morgan fingerprint density at radius 3 is 2.76 bits per heavy atom. The average molecular weight is 253 g/mol. The Bertz CT molecular complexity index is 306. The molecule has 2 unspecified atom stereocenters. The lowest BCUT2D eigenvalue weighted by molar-refractivity contribution is -0.0435. The van der Waals surface area contributed by atoms with E-state index in [0.29, 0.717) is 6.10 Å². The molecule has 0 spiro atoms. The molecular formula is C14H23NOS. The van der Waals surface area contributed by atoms with Gasteiger partial charge >= 0.3 is 0 Å². The summed E-state index contributed by atoms with van der Waals surface area (Å²) in [6.07, 6.45) is 7.87. The molecule has 1 aromatic rings. The molecule has 1 saturated carbocycles. The topological polar surface area (TPSA) is 35.2 Å². The average Bonchev–Trinajstić information content (AvgIpc) is 2.90. The van der Waals surface area contributed by atoms with E-state index in [9.17, 15) is 0 Å². The van der Waals surface area contributed by atoms with Crippen molar-refractivity contribution >= 4 is 11.3 Å². The van der Waals surface area contributed by atoms with Gasteiger partial charge in [0.15, 0.2) is 0 Å². The highest BCUT2D eigenvalue weighted by Gasteiger charge is 2.24. The van der Waals surface area contributed by atoms with Crippen LogP contribution in [0.3, 0.4) is 0 Å². The van der Waals surface area contributed by atoms with E-state index in [1.165, 1.54) is 37.7 Å². The summed E-state index contributed by atoms with van der Waals surface area (Å²) in [5, 5.41) is 4.28. The highest BCUT2D eigenvalue weighted by atomic mass is 32.1. The van der Waals surface area contributed by atoms with Crippen LogP contribution >= 0.6 is 11.3 Å². The molecule has 0 amide bonds. The lowest BCUT2D eigenvalue weighted by Gasteiger charge is -2.30. The molecular weight excluding hydrogens is 230 g/mol. The van der Waals surface area contributed by atoms with Crippen LogP contribution in [0.1, 0.15) is 57.1 Å². The van der Waals surface area contributed by atoms with Gasteiger partial charge in [-0.2, -0.15) is 11.3 Å². The summed E-state index contributed by atoms with van der Waals surface area (Å²) in [7, 11) is 0. The smallest absolute Gasteiger partial charge is 0.0987 e. The Morgan fingerprint density at radius 1 is 1.41 bits per heavy atom. The maximum absolute atomic E-state index is 6.27. The minimum absolute atomic E-state index is 0.0920. The molecule has 1 heterocycles. The quantitative estimate of drug-likeness (QED) is 0.864. The zero-order chi connectivity index (χ0) is 12.1. The molecule has 0 aromatic carbocycles. The predicted molar refractivity (Wildman–Crippen MR) is 73.3 cm³/mol. The van der Waals surface area contributed by atoms with Gasteiger partial charge < -0.3 is 10.5 Å². The Labute approximate surface area is 108 Å². The third-order valence-electron chi connectivity index (χ3n) is 3.62. The van der Waals surface area contributed by atoms with Gasteiger partial charge in [-0.25, -0.2) is 0 Å². The van der Waals surface area contributed by atoms with Gasteiger partial charge in [-0.15, -0.1) is 0 Å². The fraction of sp³-hybridized carbons (Fsp3) is 0.714. The van der Waals surface area contributed by atoms with Crippen LogP contribution in [-0.4, -0.2) is 12.1 Å². The first-order valence-electron chi connectivity index (χ1n) is 6.74. The van der Waals surface area contributed by atoms with Crippen molar-refractivity contribution in [2.24, 2.45) is 5.73 Å². The number of thiophene rings is 1. The fourth-order valence-electron chi connectivity index (χ4n) is 2.49. The van der Waals surface area contributed by atoms with Crippen LogP contribution < -0.4 is 5.73 Å². The number of ether oxygens (including phenoxy) is 1. The first-order valence-corrected chi connectivity index (χ1v) is 7.68. The third kappa shape index (κ3) is 3.54. The molecule has 1 fully saturated rings. The largest absolute Gasteiger partial charge is 0.369 e. The molecule has 96 valence electrons. The second kappa shape index (κ2) is 6.53. The highest BCUT2D eigenvalue weighted by molar-refractivity contribution is 7.07. The normalized spacial score (nSPS) is 21.3. The van der Waals surface area contributed by atoms with Gasteiger partial charge in [0.05, 0.1) is 12.2 Å². The van der Waals surface area contributed by atoms with E-state index in [1.54, 1.807) is 11.3 Å². The minimum atomic E-state index is 0.0920. The molecule has 2 N–H and O–H groups in total. The van der Waals surface area contributed by atoms with E-state index in [2.05, 4.69) is 23.8 Å². The molecule has 0 saturated heterocycles. The Morgan fingerprint density at radius 2 is 2.18 bits per heavy atom. The van der Waals surface area contributed by atoms with Crippen LogP contribution in [-0.2, 0) is 4.74 Å². The van der Waals surface area contributed by atoms with Crippen LogP contribution in [0.5, 0.6) is 0 Å². The molecule has 2 nitrogen and oxygen atoms in total. The van der Waals surface area contributed by atoms with Crippen molar-refractivity contribution in [3.8, 4) is 0 Å². The van der Waals surface area contributed by atoms with Crippen LogP contribution in [0.2, 0.25) is 0 Å². The van der Waals surface area contributed by atoms with Crippen molar-refractivity contribution < 1.29 is 4.74 Å². The fourth-order valence-corrected chi connectivity index (χ4v) is 3.17. The summed E-state index contributed by atoms with van der Waals surface area (Å²) in [4.78, 5) is 0. The number of rotatable bonds is 5. The van der Waals surface area contributed by atoms with E-state index < -0.39 is 0 Å².